The van der Waals surface area contributed by atoms with Gasteiger partial charge in [-0.15, -0.1) is 11.6 Å². The maximum absolute atomic E-state index is 9.73. The van der Waals surface area contributed by atoms with Crippen LogP contribution < -0.4 is 0 Å². The summed E-state index contributed by atoms with van der Waals surface area (Å²) in [5.74, 6) is 0.264. The van der Waals surface area contributed by atoms with Gasteiger partial charge >= 0.3 is 0 Å². The summed E-state index contributed by atoms with van der Waals surface area (Å²) in [7, 11) is 0. The van der Waals surface area contributed by atoms with Crippen molar-refractivity contribution in [2.24, 2.45) is 0 Å². The third kappa shape index (κ3) is 2.49. The number of hydrogen-bond donors (Lipinski definition) is 1. The van der Waals surface area contributed by atoms with Crippen LogP contribution in [0.4, 0.5) is 0 Å². The second kappa shape index (κ2) is 5.38. The molecule has 0 aliphatic carbocycles. The molecule has 1 unspecified atom stereocenters. The van der Waals surface area contributed by atoms with Gasteiger partial charge in [0, 0.05) is 0 Å². The fourth-order valence-electron chi connectivity index (χ4n) is 1.58. The van der Waals surface area contributed by atoms with E-state index in [0.717, 1.165) is 18.4 Å². The van der Waals surface area contributed by atoms with Crippen molar-refractivity contribution < 1.29 is 5.11 Å². The molecule has 0 aliphatic rings. The fourth-order valence-corrected chi connectivity index (χ4v) is 1.75. The molecule has 1 N–H and O–H groups in total. The SMILES string of the molecule is CCc1ccc(CC)c(C(O)CCl)c1. The van der Waals surface area contributed by atoms with Gasteiger partial charge in [0.2, 0.25) is 0 Å². The average Bonchev–Trinajstić information content (AvgIpc) is 2.27. The number of alkyl halides is 1. The monoisotopic (exact) mass is 212 g/mol. The Morgan fingerprint density at radius 3 is 2.50 bits per heavy atom. The van der Waals surface area contributed by atoms with Gasteiger partial charge in [0.1, 0.15) is 0 Å². The van der Waals surface area contributed by atoms with Crippen LogP contribution >= 0.6 is 11.6 Å². The van der Waals surface area contributed by atoms with Gasteiger partial charge in [0.15, 0.2) is 0 Å². The van der Waals surface area contributed by atoms with E-state index in [4.69, 9.17) is 11.6 Å². The molecule has 0 amide bonds. The van der Waals surface area contributed by atoms with E-state index in [2.05, 4.69) is 32.0 Å². The molecule has 1 aromatic carbocycles. The van der Waals surface area contributed by atoms with E-state index in [-0.39, 0.29) is 5.88 Å². The lowest BCUT2D eigenvalue weighted by Crippen LogP contribution is -2.03. The summed E-state index contributed by atoms with van der Waals surface area (Å²) in [6.45, 7) is 4.20. The topological polar surface area (TPSA) is 20.2 Å². The summed E-state index contributed by atoms with van der Waals surface area (Å²) in [5.41, 5.74) is 3.43. The minimum absolute atomic E-state index is 0.264. The van der Waals surface area contributed by atoms with Crippen LogP contribution in [0.5, 0.6) is 0 Å². The molecule has 0 heterocycles. The normalized spacial score (nSPS) is 12.9. The van der Waals surface area contributed by atoms with E-state index < -0.39 is 6.10 Å². The maximum atomic E-state index is 9.73. The van der Waals surface area contributed by atoms with Crippen LogP contribution in [0, 0.1) is 0 Å². The Morgan fingerprint density at radius 1 is 1.29 bits per heavy atom. The lowest BCUT2D eigenvalue weighted by molar-refractivity contribution is 0.201. The molecule has 0 bridgehead atoms. The minimum Gasteiger partial charge on any atom is -0.387 e. The molecular formula is C12H17ClO. The van der Waals surface area contributed by atoms with Crippen molar-refractivity contribution in [1.82, 2.24) is 0 Å². The molecule has 0 aromatic heterocycles. The number of aliphatic hydroxyl groups excluding tert-OH is 1. The third-order valence-electron chi connectivity index (χ3n) is 2.50. The molecule has 0 spiro atoms. The van der Waals surface area contributed by atoms with E-state index in [1.807, 2.05) is 0 Å². The Labute approximate surface area is 90.7 Å². The van der Waals surface area contributed by atoms with E-state index in [0.29, 0.717) is 0 Å². The van der Waals surface area contributed by atoms with E-state index in [9.17, 15) is 5.11 Å². The van der Waals surface area contributed by atoms with Crippen LogP contribution in [0.2, 0.25) is 0 Å². The van der Waals surface area contributed by atoms with Crippen LogP contribution in [0.1, 0.15) is 36.6 Å². The highest BCUT2D eigenvalue weighted by atomic mass is 35.5. The largest absolute Gasteiger partial charge is 0.387 e. The standard InChI is InChI=1S/C12H17ClO/c1-3-9-5-6-10(4-2)11(7-9)12(14)8-13/h5-7,12,14H,3-4,8H2,1-2H3. The quantitative estimate of drug-likeness (QED) is 0.761. The summed E-state index contributed by atoms with van der Waals surface area (Å²) in [4.78, 5) is 0. The molecule has 1 rings (SSSR count). The molecule has 0 fully saturated rings. The van der Waals surface area contributed by atoms with Crippen LogP contribution in [0.25, 0.3) is 0 Å². The first-order valence-corrected chi connectivity index (χ1v) is 5.62. The number of benzene rings is 1. The molecular weight excluding hydrogens is 196 g/mol. The fraction of sp³-hybridized carbons (Fsp3) is 0.500. The zero-order valence-electron chi connectivity index (χ0n) is 8.76. The maximum Gasteiger partial charge on any atom is 0.0928 e. The summed E-state index contributed by atoms with van der Waals surface area (Å²) in [5, 5.41) is 9.73. The Bertz CT molecular complexity index is 296. The second-order valence-electron chi connectivity index (χ2n) is 3.41. The van der Waals surface area contributed by atoms with Gasteiger partial charge in [0.25, 0.3) is 0 Å². The zero-order chi connectivity index (χ0) is 10.6. The first kappa shape index (κ1) is 11.5. The van der Waals surface area contributed by atoms with E-state index in [1.165, 1.54) is 11.1 Å². The third-order valence-corrected chi connectivity index (χ3v) is 2.80. The Kier molecular flexibility index (Phi) is 4.43. The number of hydrogen-bond acceptors (Lipinski definition) is 1. The van der Waals surface area contributed by atoms with E-state index >= 15 is 0 Å². The van der Waals surface area contributed by atoms with Crippen molar-refractivity contribution in [3.05, 3.63) is 34.9 Å². The van der Waals surface area contributed by atoms with Gasteiger partial charge in [0.05, 0.1) is 12.0 Å². The number of aliphatic hydroxyl groups is 1. The summed E-state index contributed by atoms with van der Waals surface area (Å²) < 4.78 is 0. The number of halogens is 1. The molecule has 1 aromatic rings. The van der Waals surface area contributed by atoms with Crippen molar-refractivity contribution in [1.29, 1.82) is 0 Å². The number of aryl methyl sites for hydroxylation is 2. The zero-order valence-corrected chi connectivity index (χ0v) is 9.51. The Balaban J connectivity index is 3.08. The minimum atomic E-state index is -0.530. The molecule has 2 heteroatoms. The van der Waals surface area contributed by atoms with Crippen molar-refractivity contribution >= 4 is 11.6 Å². The highest BCUT2D eigenvalue weighted by Crippen LogP contribution is 2.21. The Morgan fingerprint density at radius 2 is 2.00 bits per heavy atom. The lowest BCUT2D eigenvalue weighted by atomic mass is 9.97. The predicted molar refractivity (Wildman–Crippen MR) is 60.9 cm³/mol. The van der Waals surface area contributed by atoms with Crippen LogP contribution in [0.3, 0.4) is 0 Å². The van der Waals surface area contributed by atoms with Crippen LogP contribution in [-0.2, 0) is 12.8 Å². The molecule has 1 nitrogen and oxygen atoms in total. The summed E-state index contributed by atoms with van der Waals surface area (Å²) >= 11 is 5.66. The molecule has 14 heavy (non-hydrogen) atoms. The number of rotatable bonds is 4. The van der Waals surface area contributed by atoms with Gasteiger partial charge in [-0.25, -0.2) is 0 Å². The molecule has 78 valence electrons. The highest BCUT2D eigenvalue weighted by Gasteiger charge is 2.10. The van der Waals surface area contributed by atoms with Crippen molar-refractivity contribution in [2.75, 3.05) is 5.88 Å². The average molecular weight is 213 g/mol. The lowest BCUT2D eigenvalue weighted by Gasteiger charge is -2.13. The molecule has 0 aliphatic heterocycles. The second-order valence-corrected chi connectivity index (χ2v) is 3.72. The van der Waals surface area contributed by atoms with Crippen LogP contribution in [-0.4, -0.2) is 11.0 Å². The van der Waals surface area contributed by atoms with Crippen molar-refractivity contribution in [3.63, 3.8) is 0 Å². The first-order chi connectivity index (χ1) is 6.72. The van der Waals surface area contributed by atoms with Crippen molar-refractivity contribution in [3.8, 4) is 0 Å². The van der Waals surface area contributed by atoms with Crippen LogP contribution in [0.15, 0.2) is 18.2 Å². The molecule has 0 saturated heterocycles. The summed E-state index contributed by atoms with van der Waals surface area (Å²) in [6.07, 6.45) is 1.40. The van der Waals surface area contributed by atoms with Gasteiger partial charge < -0.3 is 5.11 Å². The summed E-state index contributed by atoms with van der Waals surface area (Å²) in [6, 6.07) is 6.26. The molecule has 0 saturated carbocycles. The van der Waals surface area contributed by atoms with Crippen molar-refractivity contribution in [2.45, 2.75) is 32.8 Å². The molecule has 0 radical (unpaired) electrons. The van der Waals surface area contributed by atoms with Gasteiger partial charge in [-0.2, -0.15) is 0 Å². The predicted octanol–water partition coefficient (Wildman–Crippen LogP) is 3.08. The molecule has 1 atom stereocenters. The highest BCUT2D eigenvalue weighted by molar-refractivity contribution is 6.18. The smallest absolute Gasteiger partial charge is 0.0928 e. The van der Waals surface area contributed by atoms with Gasteiger partial charge in [-0.1, -0.05) is 32.0 Å². The Hall–Kier alpha value is -0.530. The van der Waals surface area contributed by atoms with Gasteiger partial charge in [-0.3, -0.25) is 0 Å². The van der Waals surface area contributed by atoms with Gasteiger partial charge in [-0.05, 0) is 29.5 Å². The van der Waals surface area contributed by atoms with E-state index in [1.54, 1.807) is 0 Å². The first-order valence-electron chi connectivity index (χ1n) is 5.08.